The number of carbonyl (C=O) groups excluding carboxylic acids is 2. The number of pyridine rings is 1. The first-order valence-electron chi connectivity index (χ1n) is 7.06. The lowest BCUT2D eigenvalue weighted by molar-refractivity contribution is -0.145. The van der Waals surface area contributed by atoms with E-state index in [9.17, 15) is 9.59 Å². The number of esters is 1. The number of fused-ring (bicyclic) bond motifs is 3. The van der Waals surface area contributed by atoms with Gasteiger partial charge in [0, 0.05) is 18.2 Å². The molecule has 1 atom stereocenters. The molecule has 6 nitrogen and oxygen atoms in total. The van der Waals surface area contributed by atoms with E-state index in [-0.39, 0.29) is 17.8 Å². The minimum absolute atomic E-state index is 0.111. The van der Waals surface area contributed by atoms with Crippen LogP contribution in [-0.2, 0) is 45.1 Å². The number of rotatable bonds is 2. The third-order valence-electron chi connectivity index (χ3n) is 4.11. The predicted octanol–water partition coefficient (Wildman–Crippen LogP) is 1.35. The number of anilines is 1. The number of nitrogens with one attached hydrogen (secondary N) is 1. The maximum Gasteiger partial charge on any atom is 0.309 e. The smallest absolute Gasteiger partial charge is 0.309 e. The van der Waals surface area contributed by atoms with E-state index in [1.807, 2.05) is 0 Å². The molecule has 112 valence electrons. The normalized spacial score (nSPS) is 19.6. The largest absolute Gasteiger partial charge is 0.469 e. The lowest BCUT2D eigenvalue weighted by Gasteiger charge is -2.25. The first-order chi connectivity index (χ1) is 10.1. The van der Waals surface area contributed by atoms with Crippen molar-refractivity contribution >= 4 is 17.7 Å². The van der Waals surface area contributed by atoms with Crippen LogP contribution in [0.25, 0.3) is 0 Å². The average molecular weight is 290 g/mol. The van der Waals surface area contributed by atoms with Crippen LogP contribution in [0.5, 0.6) is 0 Å². The molecule has 0 saturated heterocycles. The van der Waals surface area contributed by atoms with Crippen LogP contribution in [0, 0.1) is 5.92 Å². The van der Waals surface area contributed by atoms with Crippen molar-refractivity contribution in [1.82, 2.24) is 4.98 Å². The molecule has 0 spiro atoms. The van der Waals surface area contributed by atoms with Crippen LogP contribution in [0.2, 0.25) is 0 Å². The van der Waals surface area contributed by atoms with Crippen LogP contribution in [-0.4, -0.2) is 24.0 Å². The van der Waals surface area contributed by atoms with Gasteiger partial charge >= 0.3 is 5.97 Å². The zero-order valence-electron chi connectivity index (χ0n) is 12.2. The highest BCUT2D eigenvalue weighted by atomic mass is 16.5. The Bertz CT molecular complexity index is 612. The van der Waals surface area contributed by atoms with Gasteiger partial charge in [0.15, 0.2) is 0 Å². The van der Waals surface area contributed by atoms with Gasteiger partial charge in [-0.15, -0.1) is 0 Å². The second kappa shape index (κ2) is 5.44. The van der Waals surface area contributed by atoms with Gasteiger partial charge in [-0.2, -0.15) is 0 Å². The Hall–Kier alpha value is -1.95. The van der Waals surface area contributed by atoms with Crippen molar-refractivity contribution in [1.29, 1.82) is 0 Å². The number of ether oxygens (including phenoxy) is 2. The van der Waals surface area contributed by atoms with Gasteiger partial charge in [-0.25, -0.2) is 4.98 Å². The van der Waals surface area contributed by atoms with E-state index in [1.54, 1.807) is 0 Å². The summed E-state index contributed by atoms with van der Waals surface area (Å²) < 4.78 is 10.4. The summed E-state index contributed by atoms with van der Waals surface area (Å²) in [5.41, 5.74) is 4.08. The summed E-state index contributed by atoms with van der Waals surface area (Å²) in [6.07, 6.45) is 2.09. The molecule has 2 heterocycles. The van der Waals surface area contributed by atoms with Crippen LogP contribution >= 0.6 is 0 Å². The van der Waals surface area contributed by atoms with Crippen molar-refractivity contribution in [3.63, 3.8) is 0 Å². The monoisotopic (exact) mass is 290 g/mol. The van der Waals surface area contributed by atoms with Gasteiger partial charge in [-0.3, -0.25) is 9.59 Å². The molecule has 6 heteroatoms. The van der Waals surface area contributed by atoms with Gasteiger partial charge in [-0.05, 0) is 30.4 Å². The first kappa shape index (κ1) is 14.0. The second-order valence-corrected chi connectivity index (χ2v) is 5.48. The van der Waals surface area contributed by atoms with Crippen molar-refractivity contribution < 1.29 is 19.1 Å². The zero-order chi connectivity index (χ0) is 15.0. The van der Waals surface area contributed by atoms with Gasteiger partial charge < -0.3 is 14.8 Å². The summed E-state index contributed by atoms with van der Waals surface area (Å²) in [5, 5.41) is 2.78. The Morgan fingerprint density at radius 1 is 1.29 bits per heavy atom. The molecule has 0 radical (unpaired) electrons. The number of nitrogens with zero attached hydrogens (tertiary/aromatic N) is 1. The molecule has 0 saturated carbocycles. The lowest BCUT2D eigenvalue weighted by atomic mass is 9.83. The summed E-state index contributed by atoms with van der Waals surface area (Å²) in [4.78, 5) is 27.6. The minimum Gasteiger partial charge on any atom is -0.469 e. The molecule has 0 bridgehead atoms. The summed E-state index contributed by atoms with van der Waals surface area (Å²) >= 11 is 0. The maximum atomic E-state index is 11.8. The lowest BCUT2D eigenvalue weighted by Crippen LogP contribution is -2.26. The van der Waals surface area contributed by atoms with Crippen LogP contribution in [0.4, 0.5) is 5.82 Å². The molecule has 1 aromatic heterocycles. The number of carbonyl (C=O) groups is 2. The fourth-order valence-corrected chi connectivity index (χ4v) is 3.10. The Labute approximate surface area is 122 Å². The van der Waals surface area contributed by atoms with Crippen LogP contribution < -0.4 is 5.32 Å². The molecule has 1 amide bonds. The molecule has 1 N–H and O–H groups in total. The van der Waals surface area contributed by atoms with E-state index in [1.165, 1.54) is 14.0 Å². The van der Waals surface area contributed by atoms with Crippen molar-refractivity contribution in [3.05, 3.63) is 22.4 Å². The second-order valence-electron chi connectivity index (χ2n) is 5.48. The van der Waals surface area contributed by atoms with E-state index in [0.29, 0.717) is 25.5 Å². The number of aromatic nitrogens is 1. The van der Waals surface area contributed by atoms with Crippen LogP contribution in [0.1, 0.15) is 35.7 Å². The number of aryl methyl sites for hydroxylation is 1. The maximum absolute atomic E-state index is 11.8. The molecule has 1 aromatic rings. The van der Waals surface area contributed by atoms with Crippen molar-refractivity contribution in [2.45, 2.75) is 39.4 Å². The quantitative estimate of drug-likeness (QED) is 0.832. The van der Waals surface area contributed by atoms with Gasteiger partial charge in [0.25, 0.3) is 0 Å². The Morgan fingerprint density at radius 3 is 2.76 bits per heavy atom. The van der Waals surface area contributed by atoms with Gasteiger partial charge in [-0.1, -0.05) is 0 Å². The Balaban J connectivity index is 1.99. The molecular formula is C15H18N2O4. The van der Waals surface area contributed by atoms with Crippen molar-refractivity contribution in [3.8, 4) is 0 Å². The standard InChI is InChI=1S/C15H18N2O4/c1-8(18)16-14-12-7-21-6-11(12)10-5-9(15(19)20-2)3-4-13(10)17-14/h9H,3-7H2,1-2H3,(H,16,17,18)/t9-/m1/s1. The fourth-order valence-electron chi connectivity index (χ4n) is 3.10. The van der Waals surface area contributed by atoms with Crippen molar-refractivity contribution in [2.24, 2.45) is 5.92 Å². The number of hydrogen-bond donors (Lipinski definition) is 1. The molecule has 1 aliphatic carbocycles. The topological polar surface area (TPSA) is 77.5 Å². The van der Waals surface area contributed by atoms with Crippen molar-refractivity contribution in [2.75, 3.05) is 12.4 Å². The molecule has 0 fully saturated rings. The summed E-state index contributed by atoms with van der Waals surface area (Å²) in [5.74, 6) is 0.185. The molecular weight excluding hydrogens is 272 g/mol. The van der Waals surface area contributed by atoms with Crippen LogP contribution in [0.15, 0.2) is 0 Å². The summed E-state index contributed by atoms with van der Waals surface area (Å²) in [7, 11) is 1.42. The van der Waals surface area contributed by atoms with Gasteiger partial charge in [0.05, 0.1) is 26.2 Å². The van der Waals surface area contributed by atoms with E-state index < -0.39 is 0 Å². The number of amides is 1. The Kier molecular flexibility index (Phi) is 3.63. The average Bonchev–Trinajstić information content (AvgIpc) is 2.95. The molecule has 0 aromatic carbocycles. The Morgan fingerprint density at radius 2 is 2.05 bits per heavy atom. The predicted molar refractivity (Wildman–Crippen MR) is 74.6 cm³/mol. The van der Waals surface area contributed by atoms with E-state index in [4.69, 9.17) is 9.47 Å². The van der Waals surface area contributed by atoms with E-state index in [0.717, 1.165) is 35.2 Å². The first-order valence-corrected chi connectivity index (χ1v) is 7.06. The molecule has 3 rings (SSSR count). The van der Waals surface area contributed by atoms with Gasteiger partial charge in [0.2, 0.25) is 5.91 Å². The third-order valence-corrected chi connectivity index (χ3v) is 4.11. The molecule has 2 aliphatic rings. The molecule has 0 unspecified atom stereocenters. The van der Waals surface area contributed by atoms with E-state index in [2.05, 4.69) is 10.3 Å². The number of methoxy groups -OCH3 is 1. The zero-order valence-corrected chi connectivity index (χ0v) is 12.2. The summed E-state index contributed by atoms with van der Waals surface area (Å²) in [6.45, 7) is 2.44. The third kappa shape index (κ3) is 2.51. The number of hydrogen-bond acceptors (Lipinski definition) is 5. The minimum atomic E-state index is -0.167. The highest BCUT2D eigenvalue weighted by molar-refractivity contribution is 5.88. The van der Waals surface area contributed by atoms with E-state index >= 15 is 0 Å². The van der Waals surface area contributed by atoms with Crippen LogP contribution in [0.3, 0.4) is 0 Å². The highest BCUT2D eigenvalue weighted by Crippen LogP contribution is 2.36. The molecule has 21 heavy (non-hydrogen) atoms. The SMILES string of the molecule is COC(=O)[C@@H]1CCc2nc(NC(C)=O)c3c(c2C1)COC3. The highest BCUT2D eigenvalue weighted by Gasteiger charge is 2.32. The molecule has 1 aliphatic heterocycles. The summed E-state index contributed by atoms with van der Waals surface area (Å²) in [6, 6.07) is 0. The fraction of sp³-hybridized carbons (Fsp3) is 0.533. The van der Waals surface area contributed by atoms with Gasteiger partial charge in [0.1, 0.15) is 5.82 Å².